The minimum atomic E-state index is -3.16. The van der Waals surface area contributed by atoms with E-state index in [1.165, 1.54) is 6.26 Å². The van der Waals surface area contributed by atoms with E-state index in [0.717, 1.165) is 29.6 Å². The van der Waals surface area contributed by atoms with Crippen LogP contribution in [0.2, 0.25) is 10.0 Å². The van der Waals surface area contributed by atoms with Gasteiger partial charge in [0.25, 0.3) is 0 Å². The van der Waals surface area contributed by atoms with E-state index in [2.05, 4.69) is 20.6 Å². The second-order valence-electron chi connectivity index (χ2n) is 11.0. The summed E-state index contributed by atoms with van der Waals surface area (Å²) in [5, 5.41) is 7.06. The Morgan fingerprint density at radius 1 is 1.02 bits per heavy atom. The van der Waals surface area contributed by atoms with Gasteiger partial charge in [0.05, 0.1) is 32.2 Å². The number of aryl methyl sites for hydroxylation is 1. The van der Waals surface area contributed by atoms with Crippen molar-refractivity contribution >= 4 is 79.1 Å². The van der Waals surface area contributed by atoms with E-state index in [0.29, 0.717) is 44.5 Å². The summed E-state index contributed by atoms with van der Waals surface area (Å²) in [5.41, 5.74) is 3.95. The van der Waals surface area contributed by atoms with Gasteiger partial charge in [0.2, 0.25) is 17.8 Å². The molecule has 5 aromatic rings. The average molecular weight is 651 g/mol. The van der Waals surface area contributed by atoms with Crippen molar-refractivity contribution in [2.45, 2.75) is 24.0 Å². The van der Waals surface area contributed by atoms with Crippen molar-refractivity contribution < 1.29 is 13.2 Å². The molecule has 6 rings (SSSR count). The molecule has 0 atom stereocenters. The zero-order chi connectivity index (χ0) is 31.2. The molecule has 0 unspecified atom stereocenters. The molecule has 0 saturated heterocycles. The van der Waals surface area contributed by atoms with Gasteiger partial charge in [-0.25, -0.2) is 18.4 Å². The number of rotatable bonds is 9. The van der Waals surface area contributed by atoms with E-state index < -0.39 is 15.3 Å². The largest absolute Gasteiger partial charge is 0.329 e. The first-order chi connectivity index (χ1) is 20.9. The average Bonchev–Trinajstić information content (AvgIpc) is 3.73. The number of halogens is 2. The monoisotopic (exact) mass is 649 g/mol. The summed E-state index contributed by atoms with van der Waals surface area (Å²) in [6.07, 6.45) is 4.29. The summed E-state index contributed by atoms with van der Waals surface area (Å²) in [7, 11) is 0.592. The van der Waals surface area contributed by atoms with Crippen molar-refractivity contribution in [1.82, 2.24) is 19.5 Å². The van der Waals surface area contributed by atoms with E-state index in [1.807, 2.05) is 53.9 Å². The van der Waals surface area contributed by atoms with Gasteiger partial charge in [0, 0.05) is 37.9 Å². The number of sulfone groups is 1. The van der Waals surface area contributed by atoms with Gasteiger partial charge in [-0.05, 0) is 72.5 Å². The number of carbonyl (C=O) groups is 1. The number of aromatic nitrogens is 4. The lowest BCUT2D eigenvalue weighted by Crippen LogP contribution is -2.29. The number of benzene rings is 3. The number of fused-ring (bicyclic) bond motifs is 1. The van der Waals surface area contributed by atoms with Crippen LogP contribution >= 0.6 is 23.2 Å². The summed E-state index contributed by atoms with van der Waals surface area (Å²) in [4.78, 5) is 29.0. The molecule has 1 amide bonds. The van der Waals surface area contributed by atoms with Gasteiger partial charge < -0.3 is 14.8 Å². The van der Waals surface area contributed by atoms with Crippen molar-refractivity contribution in [3.8, 4) is 0 Å². The maximum Gasteiger partial charge on any atom is 0.237 e. The topological polar surface area (TPSA) is 122 Å². The molecule has 2 heterocycles. The molecule has 2 aromatic heterocycles. The van der Waals surface area contributed by atoms with Crippen LogP contribution in [0.5, 0.6) is 0 Å². The Kier molecular flexibility index (Phi) is 7.73. The van der Waals surface area contributed by atoms with E-state index in [4.69, 9.17) is 28.2 Å². The Morgan fingerprint density at radius 2 is 1.82 bits per heavy atom. The van der Waals surface area contributed by atoms with Crippen LogP contribution in [0.25, 0.3) is 11.0 Å². The summed E-state index contributed by atoms with van der Waals surface area (Å²) < 4.78 is 25.3. The molecule has 0 bridgehead atoms. The first-order valence-corrected chi connectivity index (χ1v) is 16.6. The maximum absolute atomic E-state index is 13.4. The quantitative estimate of drug-likeness (QED) is 0.188. The van der Waals surface area contributed by atoms with Crippen LogP contribution in [-0.4, -0.2) is 47.1 Å². The zero-order valence-electron chi connectivity index (χ0n) is 24.2. The minimum Gasteiger partial charge on any atom is -0.329 e. The molecular weight excluding hydrogens is 621 g/mol. The first kappa shape index (κ1) is 29.9. The van der Waals surface area contributed by atoms with E-state index in [9.17, 15) is 13.2 Å². The molecule has 0 radical (unpaired) electrons. The fourth-order valence-corrected chi connectivity index (χ4v) is 6.28. The van der Waals surface area contributed by atoms with Crippen molar-refractivity contribution in [2.24, 2.45) is 7.05 Å². The fourth-order valence-electron chi connectivity index (χ4n) is 5.19. The van der Waals surface area contributed by atoms with Crippen molar-refractivity contribution in [1.29, 1.82) is 0 Å². The van der Waals surface area contributed by atoms with Crippen LogP contribution in [0.3, 0.4) is 0 Å². The third-order valence-corrected chi connectivity index (χ3v) is 9.33. The molecule has 1 saturated carbocycles. The summed E-state index contributed by atoms with van der Waals surface area (Å²) >= 11 is 12.3. The highest BCUT2D eigenvalue weighted by molar-refractivity contribution is 7.89. The lowest BCUT2D eigenvalue weighted by molar-refractivity contribution is -0.118. The number of amides is 1. The van der Waals surface area contributed by atoms with Gasteiger partial charge in [0.1, 0.15) is 5.82 Å². The number of anilines is 5. The Hall–Kier alpha value is -4.19. The molecule has 44 heavy (non-hydrogen) atoms. The highest BCUT2D eigenvalue weighted by atomic mass is 35.5. The smallest absolute Gasteiger partial charge is 0.237 e. The fraction of sp³-hybridized carbons (Fsp3) is 0.226. The number of nitrogens with zero attached hydrogens (tertiary/aromatic N) is 5. The number of imidazole rings is 1. The lowest BCUT2D eigenvalue weighted by atomic mass is 9.95. The summed E-state index contributed by atoms with van der Waals surface area (Å²) in [5.74, 6) is 1.27. The first-order valence-electron chi connectivity index (χ1n) is 13.8. The van der Waals surface area contributed by atoms with E-state index in [-0.39, 0.29) is 11.7 Å². The van der Waals surface area contributed by atoms with E-state index in [1.54, 1.807) is 42.6 Å². The number of hydrogen-bond donors (Lipinski definition) is 2. The molecule has 0 aliphatic heterocycles. The minimum absolute atomic E-state index is 0.0500. The van der Waals surface area contributed by atoms with Crippen LogP contribution < -0.4 is 15.5 Å². The Labute approximate surface area is 265 Å². The van der Waals surface area contributed by atoms with Crippen LogP contribution in [-0.2, 0) is 32.8 Å². The van der Waals surface area contributed by atoms with E-state index >= 15 is 0 Å². The Morgan fingerprint density at radius 3 is 2.55 bits per heavy atom. The van der Waals surface area contributed by atoms with Crippen LogP contribution in [0, 0.1) is 0 Å². The molecule has 2 N–H and O–H groups in total. The molecule has 10 nitrogen and oxygen atoms in total. The SMILES string of the molecule is CN(c1ccc2c(c1)nc(NC(=O)C1(c3ccc(Cl)c(Cl)c3)CC1)n2C)c1ccnc(Nc2cccc(CS(C)(=O)=O)c2)n1. The Balaban J connectivity index is 1.20. The standard InChI is InChI=1S/C31H29Cl2N7O3S/c1-39(27-11-14-34-29(37-27)35-21-6-4-5-19(15-21)18-44(3,42)43)22-8-10-26-25(17-22)36-30(40(26)2)38-28(41)31(12-13-31)20-7-9-23(32)24(33)16-20/h4-11,14-17H,12-13,18H2,1-3H3,(H,34,35,37)(H,36,38,41). The molecule has 226 valence electrons. The number of nitrogens with one attached hydrogen (secondary N) is 2. The molecular formula is C31H29Cl2N7O3S. The van der Waals surface area contributed by atoms with Crippen LogP contribution in [0.1, 0.15) is 24.0 Å². The molecule has 0 spiro atoms. The molecule has 1 aliphatic carbocycles. The Bertz CT molecular complexity index is 2030. The number of carbonyl (C=O) groups excluding carboxylic acids is 1. The lowest BCUT2D eigenvalue weighted by Gasteiger charge is -2.19. The van der Waals surface area contributed by atoms with Gasteiger partial charge in [-0.3, -0.25) is 10.1 Å². The third kappa shape index (κ3) is 6.08. The van der Waals surface area contributed by atoms with Gasteiger partial charge >= 0.3 is 0 Å². The van der Waals surface area contributed by atoms with Crippen molar-refractivity contribution in [3.05, 3.63) is 94.1 Å². The van der Waals surface area contributed by atoms with Crippen LogP contribution in [0.4, 0.5) is 29.1 Å². The predicted molar refractivity (Wildman–Crippen MR) is 175 cm³/mol. The van der Waals surface area contributed by atoms with Crippen molar-refractivity contribution in [2.75, 3.05) is 28.8 Å². The second-order valence-corrected chi connectivity index (χ2v) is 14.0. The highest BCUT2D eigenvalue weighted by Gasteiger charge is 2.51. The third-order valence-electron chi connectivity index (χ3n) is 7.73. The number of hydrogen-bond acceptors (Lipinski definition) is 8. The predicted octanol–water partition coefficient (Wildman–Crippen LogP) is 6.40. The maximum atomic E-state index is 13.4. The second kappa shape index (κ2) is 11.4. The summed E-state index contributed by atoms with van der Waals surface area (Å²) in [6.45, 7) is 0. The van der Waals surface area contributed by atoms with Gasteiger partial charge in [-0.15, -0.1) is 0 Å². The highest BCUT2D eigenvalue weighted by Crippen LogP contribution is 2.50. The van der Waals surface area contributed by atoms with Gasteiger partial charge in [-0.2, -0.15) is 4.98 Å². The molecule has 13 heteroatoms. The van der Waals surface area contributed by atoms with Gasteiger partial charge in [-0.1, -0.05) is 41.4 Å². The molecule has 3 aromatic carbocycles. The molecule has 1 fully saturated rings. The van der Waals surface area contributed by atoms with Gasteiger partial charge in [0.15, 0.2) is 9.84 Å². The normalized spacial score (nSPS) is 13.9. The molecule has 1 aliphatic rings. The zero-order valence-corrected chi connectivity index (χ0v) is 26.5. The summed E-state index contributed by atoms with van der Waals surface area (Å²) in [6, 6.07) is 20.1. The van der Waals surface area contributed by atoms with Crippen LogP contribution in [0.15, 0.2) is 72.9 Å². The van der Waals surface area contributed by atoms with Crippen molar-refractivity contribution in [3.63, 3.8) is 0 Å².